The Labute approximate surface area is 179 Å². The Balaban J connectivity index is 1.53. The van der Waals surface area contributed by atoms with Gasteiger partial charge in [0.15, 0.2) is 12.4 Å². The van der Waals surface area contributed by atoms with Crippen LogP contribution >= 0.6 is 0 Å². The van der Waals surface area contributed by atoms with E-state index in [-0.39, 0.29) is 11.3 Å². The van der Waals surface area contributed by atoms with Crippen LogP contribution in [0.2, 0.25) is 0 Å². The molecule has 3 aromatic rings. The molecular formula is C25H19NO5. The number of esters is 1. The molecule has 1 aliphatic rings. The fourth-order valence-electron chi connectivity index (χ4n) is 3.42. The predicted octanol–water partition coefficient (Wildman–Crippen LogP) is 4.14. The van der Waals surface area contributed by atoms with E-state index in [0.29, 0.717) is 27.9 Å². The maximum atomic E-state index is 12.8. The normalized spacial score (nSPS) is 12.6. The first kappa shape index (κ1) is 20.2. The summed E-state index contributed by atoms with van der Waals surface area (Å²) in [4.78, 5) is 51.4. The average molecular weight is 413 g/mol. The zero-order valence-corrected chi connectivity index (χ0v) is 17.0. The number of imide groups is 1. The third kappa shape index (κ3) is 3.75. The maximum Gasteiger partial charge on any atom is 0.338 e. The summed E-state index contributed by atoms with van der Waals surface area (Å²) in [6.45, 7) is 3.25. The second-order valence-corrected chi connectivity index (χ2v) is 7.36. The van der Waals surface area contributed by atoms with Gasteiger partial charge in [-0.05, 0) is 43.7 Å². The molecule has 0 atom stereocenters. The minimum atomic E-state index is -0.710. The molecule has 31 heavy (non-hydrogen) atoms. The molecule has 6 heteroatoms. The summed E-state index contributed by atoms with van der Waals surface area (Å²) in [5, 5.41) is 0. The molecule has 0 aliphatic carbocycles. The Morgan fingerprint density at radius 1 is 0.806 bits per heavy atom. The van der Waals surface area contributed by atoms with Crippen LogP contribution in [0.15, 0.2) is 66.7 Å². The Kier molecular flexibility index (Phi) is 5.21. The van der Waals surface area contributed by atoms with Crippen LogP contribution in [0, 0.1) is 13.8 Å². The number of rotatable bonds is 5. The number of fused-ring (bicyclic) bond motifs is 1. The smallest absolute Gasteiger partial charge is 0.338 e. The minimum Gasteiger partial charge on any atom is -0.454 e. The summed E-state index contributed by atoms with van der Waals surface area (Å²) in [5.41, 5.74) is 3.23. The van der Waals surface area contributed by atoms with Crippen molar-refractivity contribution in [3.63, 3.8) is 0 Å². The predicted molar refractivity (Wildman–Crippen MR) is 115 cm³/mol. The number of nitrogens with zero attached hydrogens (tertiary/aromatic N) is 1. The molecule has 2 amide bonds. The Morgan fingerprint density at radius 3 is 2.00 bits per heavy atom. The van der Waals surface area contributed by atoms with E-state index < -0.39 is 24.4 Å². The monoisotopic (exact) mass is 413 g/mol. The van der Waals surface area contributed by atoms with Gasteiger partial charge >= 0.3 is 5.97 Å². The second kappa shape index (κ2) is 7.99. The molecule has 154 valence electrons. The van der Waals surface area contributed by atoms with Crippen molar-refractivity contribution in [2.45, 2.75) is 13.8 Å². The second-order valence-electron chi connectivity index (χ2n) is 7.36. The largest absolute Gasteiger partial charge is 0.454 e. The first-order valence-corrected chi connectivity index (χ1v) is 9.72. The van der Waals surface area contributed by atoms with Crippen molar-refractivity contribution in [1.82, 2.24) is 0 Å². The molecule has 0 N–H and O–H groups in total. The number of benzene rings is 3. The van der Waals surface area contributed by atoms with Crippen LogP contribution in [0.5, 0.6) is 0 Å². The van der Waals surface area contributed by atoms with Crippen LogP contribution in [0.4, 0.5) is 5.69 Å². The number of hydrogen-bond donors (Lipinski definition) is 0. The van der Waals surface area contributed by atoms with Crippen LogP contribution in [0.3, 0.4) is 0 Å². The third-order valence-electron chi connectivity index (χ3n) is 5.19. The maximum absolute atomic E-state index is 12.8. The first-order chi connectivity index (χ1) is 14.9. The van der Waals surface area contributed by atoms with E-state index in [1.165, 1.54) is 12.1 Å². The van der Waals surface area contributed by atoms with Crippen LogP contribution in [-0.2, 0) is 4.74 Å². The number of aryl methyl sites for hydroxylation is 2. The molecule has 3 aromatic carbocycles. The summed E-state index contributed by atoms with van der Waals surface area (Å²) >= 11 is 0. The van der Waals surface area contributed by atoms with Gasteiger partial charge in [-0.25, -0.2) is 9.69 Å². The fourth-order valence-corrected chi connectivity index (χ4v) is 3.42. The summed E-state index contributed by atoms with van der Waals surface area (Å²) in [6.07, 6.45) is 0. The van der Waals surface area contributed by atoms with Gasteiger partial charge in [-0.15, -0.1) is 0 Å². The van der Waals surface area contributed by atoms with Crippen LogP contribution in [-0.4, -0.2) is 30.2 Å². The lowest BCUT2D eigenvalue weighted by Gasteiger charge is -2.17. The highest BCUT2D eigenvalue weighted by Crippen LogP contribution is 2.31. The molecule has 0 aromatic heterocycles. The lowest BCUT2D eigenvalue weighted by Crippen LogP contribution is -2.30. The fraction of sp³-hybridized carbons (Fsp3) is 0.120. The van der Waals surface area contributed by atoms with E-state index in [1.54, 1.807) is 49.4 Å². The summed E-state index contributed by atoms with van der Waals surface area (Å²) in [5.74, 6) is -1.91. The Morgan fingerprint density at radius 2 is 1.39 bits per heavy atom. The average Bonchev–Trinajstić information content (AvgIpc) is 3.03. The van der Waals surface area contributed by atoms with Crippen molar-refractivity contribution in [2.75, 3.05) is 11.5 Å². The zero-order valence-electron chi connectivity index (χ0n) is 17.0. The third-order valence-corrected chi connectivity index (χ3v) is 5.19. The van der Waals surface area contributed by atoms with Gasteiger partial charge in [-0.3, -0.25) is 14.4 Å². The number of hydrogen-bond acceptors (Lipinski definition) is 5. The number of amides is 2. The Hall–Kier alpha value is -4.06. The molecular weight excluding hydrogens is 394 g/mol. The molecule has 0 saturated heterocycles. The van der Waals surface area contributed by atoms with Crippen molar-refractivity contribution >= 4 is 29.3 Å². The molecule has 0 bridgehead atoms. The van der Waals surface area contributed by atoms with Crippen molar-refractivity contribution < 1.29 is 23.9 Å². The number of anilines is 1. The van der Waals surface area contributed by atoms with Crippen molar-refractivity contribution in [1.29, 1.82) is 0 Å². The molecule has 6 nitrogen and oxygen atoms in total. The molecule has 1 heterocycles. The van der Waals surface area contributed by atoms with Gasteiger partial charge in [0.25, 0.3) is 11.8 Å². The summed E-state index contributed by atoms with van der Waals surface area (Å²) < 4.78 is 5.17. The summed E-state index contributed by atoms with van der Waals surface area (Å²) in [7, 11) is 0. The standard InChI is InChI=1S/C25H19NO5/c1-15-7-10-17(11-8-15)22(27)14-31-25(30)18-12-9-16(2)21(13-18)26-23(28)19-5-3-4-6-20(19)24(26)29/h3-13H,14H2,1-2H3. The molecule has 4 rings (SSSR count). The number of carbonyl (C=O) groups is 4. The molecule has 0 fully saturated rings. The van der Waals surface area contributed by atoms with E-state index >= 15 is 0 Å². The Bertz CT molecular complexity index is 1190. The van der Waals surface area contributed by atoms with E-state index in [0.717, 1.165) is 10.5 Å². The molecule has 0 radical (unpaired) electrons. The minimum absolute atomic E-state index is 0.147. The van der Waals surface area contributed by atoms with E-state index in [9.17, 15) is 19.2 Å². The van der Waals surface area contributed by atoms with Crippen LogP contribution in [0.25, 0.3) is 0 Å². The quantitative estimate of drug-likeness (QED) is 0.357. The summed E-state index contributed by atoms with van der Waals surface area (Å²) in [6, 6.07) is 18.2. The highest BCUT2D eigenvalue weighted by molar-refractivity contribution is 6.34. The van der Waals surface area contributed by atoms with Gasteiger partial charge in [0.05, 0.1) is 22.4 Å². The molecule has 0 spiro atoms. The van der Waals surface area contributed by atoms with E-state index in [4.69, 9.17) is 4.74 Å². The van der Waals surface area contributed by atoms with Crippen molar-refractivity contribution in [3.05, 3.63) is 100 Å². The van der Waals surface area contributed by atoms with Gasteiger partial charge in [-0.1, -0.05) is 48.0 Å². The van der Waals surface area contributed by atoms with Crippen LogP contribution < -0.4 is 4.90 Å². The highest BCUT2D eigenvalue weighted by Gasteiger charge is 2.37. The van der Waals surface area contributed by atoms with Gasteiger partial charge in [-0.2, -0.15) is 0 Å². The molecule has 1 aliphatic heterocycles. The first-order valence-electron chi connectivity index (χ1n) is 9.72. The van der Waals surface area contributed by atoms with Gasteiger partial charge in [0, 0.05) is 5.56 Å². The SMILES string of the molecule is Cc1ccc(C(=O)COC(=O)c2ccc(C)c(N3C(=O)c4ccccc4C3=O)c2)cc1. The molecule has 0 unspecified atom stereocenters. The number of carbonyl (C=O) groups excluding carboxylic acids is 4. The van der Waals surface area contributed by atoms with Crippen LogP contribution in [0.1, 0.15) is 52.6 Å². The highest BCUT2D eigenvalue weighted by atomic mass is 16.5. The van der Waals surface area contributed by atoms with Gasteiger partial charge in [0.1, 0.15) is 0 Å². The lowest BCUT2D eigenvalue weighted by molar-refractivity contribution is 0.0474. The number of Topliss-reactive ketones (excluding diaryl/α,β-unsaturated/α-hetero) is 1. The van der Waals surface area contributed by atoms with Crippen molar-refractivity contribution in [2.24, 2.45) is 0 Å². The lowest BCUT2D eigenvalue weighted by atomic mass is 10.1. The van der Waals surface area contributed by atoms with Gasteiger partial charge < -0.3 is 4.74 Å². The topological polar surface area (TPSA) is 80.8 Å². The van der Waals surface area contributed by atoms with E-state index in [2.05, 4.69) is 0 Å². The number of ketones is 1. The number of ether oxygens (including phenoxy) is 1. The zero-order chi connectivity index (χ0) is 22.1. The molecule has 0 saturated carbocycles. The van der Waals surface area contributed by atoms with Crippen molar-refractivity contribution in [3.8, 4) is 0 Å². The van der Waals surface area contributed by atoms with Gasteiger partial charge in [0.2, 0.25) is 0 Å². The van der Waals surface area contributed by atoms with E-state index in [1.807, 2.05) is 19.1 Å².